The van der Waals surface area contributed by atoms with Crippen LogP contribution < -0.4 is 0 Å². The maximum atomic E-state index is 11.4. The molecule has 0 saturated heterocycles. The Morgan fingerprint density at radius 2 is 2.18 bits per heavy atom. The molecule has 0 amide bonds. The molecule has 0 aromatic rings. The van der Waals surface area contributed by atoms with Crippen molar-refractivity contribution in [3.05, 3.63) is 18.8 Å². The summed E-state index contributed by atoms with van der Waals surface area (Å²) >= 11 is 0. The minimum atomic E-state index is -1.61. The van der Waals surface area contributed by atoms with Gasteiger partial charge in [-0.15, -0.1) is 0 Å². The van der Waals surface area contributed by atoms with E-state index in [0.29, 0.717) is 19.4 Å². The third-order valence-corrected chi connectivity index (χ3v) is 1.05. The van der Waals surface area contributed by atoms with Crippen LogP contribution in [0.5, 0.6) is 0 Å². The van der Waals surface area contributed by atoms with Crippen LogP contribution in [-0.2, 0) is 4.74 Å². The van der Waals surface area contributed by atoms with Gasteiger partial charge in [0, 0.05) is 6.61 Å². The molecule has 0 unspecified atom stereocenters. The van der Waals surface area contributed by atoms with Crippen molar-refractivity contribution in [2.45, 2.75) is 26.2 Å². The number of rotatable bonds is 6. The molecular weight excluding hydrogens is 150 g/mol. The number of allylic oxidation sites excluding steroid dienone is 1. The molecule has 0 atom stereocenters. The Labute approximate surface area is 66.0 Å². The summed E-state index contributed by atoms with van der Waals surface area (Å²) in [5, 5.41) is 0. The molecule has 1 radical (unpaired) electrons. The van der Waals surface area contributed by atoms with Crippen LogP contribution in [0.1, 0.15) is 26.2 Å². The lowest BCUT2D eigenvalue weighted by atomic mass is 10.3. The first-order valence-electron chi connectivity index (χ1n) is 3.71. The molecule has 0 bridgehead atoms. The quantitative estimate of drug-likeness (QED) is 0.546. The van der Waals surface area contributed by atoms with Crippen LogP contribution in [0, 0.1) is 6.61 Å². The summed E-state index contributed by atoms with van der Waals surface area (Å²) in [6, 6.07) is 0. The first-order chi connectivity index (χ1) is 5.27. The smallest absolute Gasteiger partial charge is 0.266 e. The predicted molar refractivity (Wildman–Crippen MR) is 40.1 cm³/mol. The number of hydrogen-bond acceptors (Lipinski definition) is 1. The summed E-state index contributed by atoms with van der Waals surface area (Å²) in [6.07, 6.45) is 1.19. The van der Waals surface area contributed by atoms with E-state index in [0.717, 1.165) is 12.5 Å². The van der Waals surface area contributed by atoms with E-state index in [4.69, 9.17) is 4.74 Å². The van der Waals surface area contributed by atoms with Crippen molar-refractivity contribution in [1.82, 2.24) is 0 Å². The van der Waals surface area contributed by atoms with Gasteiger partial charge in [0.25, 0.3) is 6.08 Å². The number of ether oxygens (including phenoxy) is 1. The molecule has 0 aromatic carbocycles. The van der Waals surface area contributed by atoms with Crippen LogP contribution in [0.2, 0.25) is 0 Å². The molecule has 11 heavy (non-hydrogen) atoms. The second-order valence-electron chi connectivity index (χ2n) is 2.08. The molecule has 65 valence electrons. The van der Waals surface area contributed by atoms with Gasteiger partial charge in [-0.05, 0) is 25.3 Å². The van der Waals surface area contributed by atoms with Gasteiger partial charge in [0.2, 0.25) is 0 Å². The number of hydrogen-bond donors (Lipinski definition) is 0. The predicted octanol–water partition coefficient (Wildman–Crippen LogP) is 3.14. The van der Waals surface area contributed by atoms with Gasteiger partial charge in [-0.1, -0.05) is 6.92 Å². The summed E-state index contributed by atoms with van der Waals surface area (Å²) in [7, 11) is 0. The van der Waals surface area contributed by atoms with Crippen molar-refractivity contribution in [3.8, 4) is 0 Å². The summed E-state index contributed by atoms with van der Waals surface area (Å²) in [6.45, 7) is 4.16. The highest BCUT2D eigenvalue weighted by atomic mass is 19.3. The first-order valence-corrected chi connectivity index (χ1v) is 3.71. The monoisotopic (exact) mass is 163 g/mol. The summed E-state index contributed by atoms with van der Waals surface area (Å²) < 4.78 is 27.8. The lowest BCUT2D eigenvalue weighted by Gasteiger charge is -1.97. The van der Waals surface area contributed by atoms with E-state index >= 15 is 0 Å². The zero-order valence-electron chi connectivity index (χ0n) is 6.65. The summed E-state index contributed by atoms with van der Waals surface area (Å²) in [4.78, 5) is 0. The lowest BCUT2D eigenvalue weighted by molar-refractivity contribution is 0.191. The lowest BCUT2D eigenvalue weighted by Crippen LogP contribution is -1.89. The van der Waals surface area contributed by atoms with Crippen molar-refractivity contribution < 1.29 is 13.5 Å². The van der Waals surface area contributed by atoms with E-state index in [1.807, 2.05) is 6.92 Å². The Morgan fingerprint density at radius 3 is 2.73 bits per heavy atom. The van der Waals surface area contributed by atoms with Gasteiger partial charge in [0.15, 0.2) is 0 Å². The Morgan fingerprint density at radius 1 is 1.45 bits per heavy atom. The van der Waals surface area contributed by atoms with Crippen molar-refractivity contribution in [1.29, 1.82) is 0 Å². The molecule has 0 aliphatic carbocycles. The maximum absolute atomic E-state index is 11.4. The third-order valence-electron chi connectivity index (χ3n) is 1.05. The van der Waals surface area contributed by atoms with Crippen molar-refractivity contribution in [2.75, 3.05) is 6.61 Å². The molecular formula is C8H13F2O. The average Bonchev–Trinajstić information content (AvgIpc) is 1.96. The summed E-state index contributed by atoms with van der Waals surface area (Å²) in [5.74, 6) is 0. The molecule has 0 N–H and O–H groups in total. The van der Waals surface area contributed by atoms with Crippen molar-refractivity contribution >= 4 is 0 Å². The van der Waals surface area contributed by atoms with E-state index in [2.05, 4.69) is 0 Å². The summed E-state index contributed by atoms with van der Waals surface area (Å²) in [5.41, 5.74) is 0. The molecule has 0 aliphatic rings. The molecule has 0 rings (SSSR count). The van der Waals surface area contributed by atoms with Gasteiger partial charge in [-0.3, -0.25) is 0 Å². The normalized spacial score (nSPS) is 9.73. The standard InChI is InChI=1S/C8H13F2O/c1-2-6-11-7-4-3-5-8(9)10/h5-6H,2-4,7H2,1H3. The third kappa shape index (κ3) is 9.56. The minimum absolute atomic E-state index is 0.389. The van der Waals surface area contributed by atoms with E-state index < -0.39 is 6.08 Å². The molecule has 1 nitrogen and oxygen atoms in total. The minimum Gasteiger partial charge on any atom is -0.376 e. The van der Waals surface area contributed by atoms with E-state index in [1.165, 1.54) is 0 Å². The van der Waals surface area contributed by atoms with Gasteiger partial charge in [-0.25, -0.2) is 0 Å². The molecule has 0 saturated carbocycles. The Bertz CT molecular complexity index is 109. The van der Waals surface area contributed by atoms with Gasteiger partial charge in [0.05, 0.1) is 6.61 Å². The second-order valence-corrected chi connectivity index (χ2v) is 2.08. The SMILES string of the molecule is CC[CH]OCCCC=C(F)F. The van der Waals surface area contributed by atoms with E-state index in [9.17, 15) is 8.78 Å². The Kier molecular flexibility index (Phi) is 7.36. The highest BCUT2D eigenvalue weighted by Gasteiger charge is 1.89. The largest absolute Gasteiger partial charge is 0.376 e. The van der Waals surface area contributed by atoms with Gasteiger partial charge in [0.1, 0.15) is 0 Å². The first kappa shape index (κ1) is 10.6. The van der Waals surface area contributed by atoms with Gasteiger partial charge < -0.3 is 4.74 Å². The van der Waals surface area contributed by atoms with Crippen LogP contribution in [0.25, 0.3) is 0 Å². The zero-order chi connectivity index (χ0) is 8.53. The Hall–Kier alpha value is -0.440. The molecule has 0 fully saturated rings. The van der Waals surface area contributed by atoms with Crippen LogP contribution in [0.3, 0.4) is 0 Å². The number of halogens is 2. The van der Waals surface area contributed by atoms with Gasteiger partial charge >= 0.3 is 0 Å². The molecule has 3 heteroatoms. The number of unbranched alkanes of at least 4 members (excludes halogenated alkanes) is 1. The van der Waals surface area contributed by atoms with Crippen LogP contribution in [-0.4, -0.2) is 6.61 Å². The van der Waals surface area contributed by atoms with Crippen LogP contribution >= 0.6 is 0 Å². The maximum Gasteiger partial charge on any atom is 0.266 e. The van der Waals surface area contributed by atoms with Crippen molar-refractivity contribution in [3.63, 3.8) is 0 Å². The van der Waals surface area contributed by atoms with E-state index in [-0.39, 0.29) is 0 Å². The highest BCUT2D eigenvalue weighted by Crippen LogP contribution is 2.01. The average molecular weight is 163 g/mol. The van der Waals surface area contributed by atoms with Crippen molar-refractivity contribution in [2.24, 2.45) is 0 Å². The molecule has 0 aromatic heterocycles. The fraction of sp³-hybridized carbons (Fsp3) is 0.625. The second kappa shape index (κ2) is 7.66. The fourth-order valence-corrected chi connectivity index (χ4v) is 0.579. The molecule has 0 heterocycles. The van der Waals surface area contributed by atoms with Crippen LogP contribution in [0.4, 0.5) is 8.78 Å². The fourth-order valence-electron chi connectivity index (χ4n) is 0.579. The Balaban J connectivity index is 2.97. The molecule has 0 aliphatic heterocycles. The molecule has 0 spiro atoms. The topological polar surface area (TPSA) is 9.23 Å². The van der Waals surface area contributed by atoms with Gasteiger partial charge in [-0.2, -0.15) is 8.78 Å². The highest BCUT2D eigenvalue weighted by molar-refractivity contribution is 4.79. The zero-order valence-corrected chi connectivity index (χ0v) is 6.65. The van der Waals surface area contributed by atoms with Crippen LogP contribution in [0.15, 0.2) is 12.2 Å². The van der Waals surface area contributed by atoms with E-state index in [1.54, 1.807) is 6.61 Å².